The largest absolute Gasteiger partial charge is 0.466 e. The van der Waals surface area contributed by atoms with Crippen molar-refractivity contribution in [2.24, 2.45) is 0 Å². The number of nitrogens with one attached hydrogen (secondary N) is 1. The normalized spacial score (nSPS) is 13.3. The van der Waals surface area contributed by atoms with Crippen LogP contribution in [-0.4, -0.2) is 45.5 Å². The molecule has 1 aromatic carbocycles. The third-order valence-corrected chi connectivity index (χ3v) is 5.36. The fourth-order valence-electron chi connectivity index (χ4n) is 2.84. The summed E-state index contributed by atoms with van der Waals surface area (Å²) < 4.78 is 7.00. The molecule has 1 heterocycles. The molecular formula is C20H26N4O3S. The van der Waals surface area contributed by atoms with E-state index in [1.165, 1.54) is 17.3 Å². The highest BCUT2D eigenvalue weighted by Crippen LogP contribution is 2.40. The van der Waals surface area contributed by atoms with Gasteiger partial charge in [0.15, 0.2) is 5.16 Å². The summed E-state index contributed by atoms with van der Waals surface area (Å²) in [5, 5.41) is 12.3. The van der Waals surface area contributed by atoms with E-state index in [0.717, 1.165) is 23.8 Å². The SMILES string of the molecule is CCOC(=O)CCCNC(=O)CSc1nnc(C2CC2)n1Cc1ccccc1. The predicted octanol–water partition coefficient (Wildman–Crippen LogP) is 2.76. The number of carbonyl (C=O) groups is 2. The number of benzene rings is 1. The van der Waals surface area contributed by atoms with Gasteiger partial charge in [-0.15, -0.1) is 10.2 Å². The summed E-state index contributed by atoms with van der Waals surface area (Å²) in [6, 6.07) is 10.2. The Bertz CT molecular complexity index is 790. The van der Waals surface area contributed by atoms with Gasteiger partial charge in [0.2, 0.25) is 5.91 Å². The standard InChI is InChI=1S/C20H26N4O3S/c1-2-27-18(26)9-6-12-21-17(25)14-28-20-23-22-19(16-10-11-16)24(20)13-15-7-4-3-5-8-15/h3-5,7-8,16H,2,6,9-14H2,1H3,(H,21,25). The maximum Gasteiger partial charge on any atom is 0.305 e. The number of rotatable bonds is 11. The number of aromatic nitrogens is 3. The summed E-state index contributed by atoms with van der Waals surface area (Å²) in [6.45, 7) is 3.34. The summed E-state index contributed by atoms with van der Waals surface area (Å²) in [5.41, 5.74) is 1.19. The second-order valence-electron chi connectivity index (χ2n) is 6.73. The molecule has 1 aliphatic carbocycles. The third kappa shape index (κ3) is 6.09. The highest BCUT2D eigenvalue weighted by Gasteiger charge is 2.30. The van der Waals surface area contributed by atoms with Gasteiger partial charge in [-0.3, -0.25) is 9.59 Å². The van der Waals surface area contributed by atoms with E-state index in [-0.39, 0.29) is 17.6 Å². The minimum absolute atomic E-state index is 0.0731. The molecule has 0 radical (unpaired) electrons. The van der Waals surface area contributed by atoms with E-state index in [4.69, 9.17) is 4.74 Å². The molecule has 7 nitrogen and oxygen atoms in total. The van der Waals surface area contributed by atoms with Crippen molar-refractivity contribution in [3.05, 3.63) is 41.7 Å². The molecule has 28 heavy (non-hydrogen) atoms. The van der Waals surface area contributed by atoms with Gasteiger partial charge in [0.25, 0.3) is 0 Å². The zero-order valence-corrected chi connectivity index (χ0v) is 16.9. The van der Waals surface area contributed by atoms with Crippen LogP contribution in [-0.2, 0) is 20.9 Å². The molecule has 0 aliphatic heterocycles. The smallest absolute Gasteiger partial charge is 0.305 e. The van der Waals surface area contributed by atoms with Gasteiger partial charge in [-0.05, 0) is 31.7 Å². The van der Waals surface area contributed by atoms with Crippen molar-refractivity contribution >= 4 is 23.6 Å². The van der Waals surface area contributed by atoms with Crippen LogP contribution in [0.5, 0.6) is 0 Å². The Morgan fingerprint density at radius 2 is 2.04 bits per heavy atom. The van der Waals surface area contributed by atoms with Gasteiger partial charge in [-0.25, -0.2) is 0 Å². The lowest BCUT2D eigenvalue weighted by Gasteiger charge is -2.10. The number of thioether (sulfide) groups is 1. The Hall–Kier alpha value is -2.35. The topological polar surface area (TPSA) is 86.1 Å². The molecule has 2 aromatic rings. The molecule has 150 valence electrons. The van der Waals surface area contributed by atoms with Crippen LogP contribution in [0.15, 0.2) is 35.5 Å². The third-order valence-electron chi connectivity index (χ3n) is 4.39. The van der Waals surface area contributed by atoms with Gasteiger partial charge in [0.1, 0.15) is 5.82 Å². The highest BCUT2D eigenvalue weighted by atomic mass is 32.2. The zero-order valence-electron chi connectivity index (χ0n) is 16.1. The molecule has 0 unspecified atom stereocenters. The van der Waals surface area contributed by atoms with Gasteiger partial charge in [-0.1, -0.05) is 42.1 Å². The van der Waals surface area contributed by atoms with Crippen LogP contribution in [0.3, 0.4) is 0 Å². The molecule has 3 rings (SSSR count). The minimum atomic E-state index is -0.229. The van der Waals surface area contributed by atoms with E-state index in [0.29, 0.717) is 38.5 Å². The second kappa shape index (κ2) is 10.3. The molecule has 1 aromatic heterocycles. The summed E-state index contributed by atoms with van der Waals surface area (Å²) in [5.74, 6) is 1.48. The van der Waals surface area contributed by atoms with Crippen LogP contribution in [0.2, 0.25) is 0 Å². The molecule has 0 saturated heterocycles. The zero-order chi connectivity index (χ0) is 19.8. The first-order chi connectivity index (χ1) is 13.7. The van der Waals surface area contributed by atoms with Crippen LogP contribution < -0.4 is 5.32 Å². The summed E-state index contributed by atoms with van der Waals surface area (Å²) >= 11 is 1.40. The molecule has 0 spiro atoms. The number of hydrogen-bond donors (Lipinski definition) is 1. The molecule has 8 heteroatoms. The van der Waals surface area contributed by atoms with Gasteiger partial charge >= 0.3 is 5.97 Å². The van der Waals surface area contributed by atoms with Crippen LogP contribution in [0.25, 0.3) is 0 Å². The average Bonchev–Trinajstić information content (AvgIpc) is 3.47. The maximum atomic E-state index is 12.1. The van der Waals surface area contributed by atoms with Gasteiger partial charge < -0.3 is 14.6 Å². The van der Waals surface area contributed by atoms with E-state index >= 15 is 0 Å². The Morgan fingerprint density at radius 1 is 1.25 bits per heavy atom. The molecular weight excluding hydrogens is 376 g/mol. The molecule has 0 bridgehead atoms. The van der Waals surface area contributed by atoms with Gasteiger partial charge in [0.05, 0.1) is 18.9 Å². The van der Waals surface area contributed by atoms with Gasteiger partial charge in [-0.2, -0.15) is 0 Å². The monoisotopic (exact) mass is 402 g/mol. The van der Waals surface area contributed by atoms with Crippen molar-refractivity contribution in [2.75, 3.05) is 18.9 Å². The lowest BCUT2D eigenvalue weighted by atomic mass is 10.2. The van der Waals surface area contributed by atoms with Crippen LogP contribution in [0, 0.1) is 0 Å². The van der Waals surface area contributed by atoms with E-state index in [2.05, 4.69) is 32.2 Å². The number of esters is 1. The predicted molar refractivity (Wildman–Crippen MR) is 107 cm³/mol. The number of amides is 1. The highest BCUT2D eigenvalue weighted by molar-refractivity contribution is 7.99. The van der Waals surface area contributed by atoms with Crippen molar-refractivity contribution < 1.29 is 14.3 Å². The lowest BCUT2D eigenvalue weighted by Crippen LogP contribution is -2.26. The Labute approximate surface area is 169 Å². The molecule has 1 aliphatic rings. The first-order valence-electron chi connectivity index (χ1n) is 9.69. The molecule has 1 N–H and O–H groups in total. The van der Waals surface area contributed by atoms with E-state index in [1.54, 1.807) is 6.92 Å². The quantitative estimate of drug-likeness (QED) is 0.353. The fraction of sp³-hybridized carbons (Fsp3) is 0.500. The lowest BCUT2D eigenvalue weighted by molar-refractivity contribution is -0.143. The summed E-state index contributed by atoms with van der Waals surface area (Å²) in [7, 11) is 0. The van der Waals surface area contributed by atoms with Crippen molar-refractivity contribution in [1.82, 2.24) is 20.1 Å². The van der Waals surface area contributed by atoms with Crippen molar-refractivity contribution in [2.45, 2.75) is 50.2 Å². The summed E-state index contributed by atoms with van der Waals surface area (Å²) in [6.07, 6.45) is 3.19. The van der Waals surface area contributed by atoms with Crippen molar-refractivity contribution in [3.63, 3.8) is 0 Å². The summed E-state index contributed by atoms with van der Waals surface area (Å²) in [4.78, 5) is 23.4. The van der Waals surface area contributed by atoms with Crippen LogP contribution >= 0.6 is 11.8 Å². The minimum Gasteiger partial charge on any atom is -0.466 e. The first-order valence-corrected chi connectivity index (χ1v) is 10.7. The number of nitrogens with zero attached hydrogens (tertiary/aromatic N) is 3. The van der Waals surface area contributed by atoms with E-state index < -0.39 is 0 Å². The average molecular weight is 403 g/mol. The number of ether oxygens (including phenoxy) is 1. The molecule has 0 atom stereocenters. The molecule has 1 amide bonds. The van der Waals surface area contributed by atoms with E-state index in [9.17, 15) is 9.59 Å². The fourth-order valence-corrected chi connectivity index (χ4v) is 3.61. The Balaban J connectivity index is 1.50. The van der Waals surface area contributed by atoms with Crippen LogP contribution in [0.4, 0.5) is 0 Å². The maximum absolute atomic E-state index is 12.1. The molecule has 1 fully saturated rings. The molecule has 1 saturated carbocycles. The Morgan fingerprint density at radius 3 is 2.75 bits per heavy atom. The van der Waals surface area contributed by atoms with Crippen molar-refractivity contribution in [1.29, 1.82) is 0 Å². The van der Waals surface area contributed by atoms with Crippen molar-refractivity contribution in [3.8, 4) is 0 Å². The second-order valence-corrected chi connectivity index (χ2v) is 7.68. The number of carbonyl (C=O) groups excluding carboxylic acids is 2. The first kappa shape index (κ1) is 20.4. The van der Waals surface area contributed by atoms with Crippen LogP contribution in [0.1, 0.15) is 49.9 Å². The van der Waals surface area contributed by atoms with Gasteiger partial charge in [0, 0.05) is 18.9 Å². The Kier molecular flexibility index (Phi) is 7.47. The number of hydrogen-bond acceptors (Lipinski definition) is 6. The van der Waals surface area contributed by atoms with E-state index in [1.807, 2.05) is 18.2 Å².